The number of ether oxygens (including phenoxy) is 1. The van der Waals surface area contributed by atoms with Crippen LogP contribution in [0.3, 0.4) is 0 Å². The summed E-state index contributed by atoms with van der Waals surface area (Å²) in [6.45, 7) is 6.39. The van der Waals surface area contributed by atoms with Crippen LogP contribution < -0.4 is 26.0 Å². The minimum atomic E-state index is -1.17. The van der Waals surface area contributed by atoms with Gasteiger partial charge in [-0.1, -0.05) is 56.3 Å². The topological polar surface area (TPSA) is 146 Å². The number of benzene rings is 3. The van der Waals surface area contributed by atoms with Crippen molar-refractivity contribution in [2.45, 2.75) is 65.3 Å². The number of carbonyl (C=O) groups excluding carboxylic acids is 3. The summed E-state index contributed by atoms with van der Waals surface area (Å²) in [6.07, 6.45) is 2.38. The molecular weight excluding hydrogens is 572 g/mol. The number of carboxylic acid groups (broad SMARTS) is 1. The summed E-state index contributed by atoms with van der Waals surface area (Å²) >= 11 is 0. The molecule has 0 aromatic heterocycles. The largest absolute Gasteiger partial charge is 0.497 e. The van der Waals surface area contributed by atoms with Crippen LogP contribution in [0.4, 0.5) is 16.2 Å². The summed E-state index contributed by atoms with van der Waals surface area (Å²) in [5.74, 6) is -1.32. The molecule has 3 rings (SSSR count). The summed E-state index contributed by atoms with van der Waals surface area (Å²) in [5.41, 5.74) is 4.33. The second-order valence-electron chi connectivity index (χ2n) is 11.9. The summed E-state index contributed by atoms with van der Waals surface area (Å²) in [4.78, 5) is 49.2. The molecule has 0 saturated carbocycles. The van der Waals surface area contributed by atoms with Crippen LogP contribution in [0.15, 0.2) is 72.8 Å². The molecule has 240 valence electrons. The number of aliphatic carboxylic acids is 1. The van der Waals surface area contributed by atoms with Crippen molar-refractivity contribution in [2.75, 3.05) is 24.3 Å². The third kappa shape index (κ3) is 12.3. The zero-order chi connectivity index (χ0) is 32.8. The van der Waals surface area contributed by atoms with Gasteiger partial charge in [-0.3, -0.25) is 14.4 Å². The molecule has 0 bridgehead atoms. The first-order valence-electron chi connectivity index (χ1n) is 15.1. The van der Waals surface area contributed by atoms with Crippen molar-refractivity contribution in [1.82, 2.24) is 10.6 Å². The molecule has 0 aliphatic heterocycles. The fourth-order valence-corrected chi connectivity index (χ4v) is 4.71. The van der Waals surface area contributed by atoms with E-state index in [1.807, 2.05) is 79.7 Å². The summed E-state index contributed by atoms with van der Waals surface area (Å²) in [5, 5.41) is 20.3. The Labute approximate surface area is 265 Å². The van der Waals surface area contributed by atoms with Gasteiger partial charge in [-0.2, -0.15) is 0 Å². The number of hydrogen-bond acceptors (Lipinski definition) is 5. The van der Waals surface area contributed by atoms with Gasteiger partial charge in [0.2, 0.25) is 11.8 Å². The van der Waals surface area contributed by atoms with Crippen molar-refractivity contribution in [2.24, 2.45) is 5.41 Å². The number of aryl methyl sites for hydroxylation is 2. The molecular formula is C35H44N4O6. The van der Waals surface area contributed by atoms with Gasteiger partial charge in [-0.05, 0) is 85.0 Å². The van der Waals surface area contributed by atoms with Crippen molar-refractivity contribution in [1.29, 1.82) is 0 Å². The van der Waals surface area contributed by atoms with E-state index in [0.717, 1.165) is 41.0 Å². The predicted octanol–water partition coefficient (Wildman–Crippen LogP) is 5.71. The molecule has 0 aliphatic rings. The number of urea groups is 1. The van der Waals surface area contributed by atoms with Crippen molar-refractivity contribution < 1.29 is 29.0 Å². The van der Waals surface area contributed by atoms with E-state index in [1.54, 1.807) is 7.11 Å². The fourth-order valence-electron chi connectivity index (χ4n) is 4.71. The van der Waals surface area contributed by atoms with E-state index in [4.69, 9.17) is 4.74 Å². The molecule has 1 unspecified atom stereocenters. The van der Waals surface area contributed by atoms with Crippen LogP contribution in [0.5, 0.6) is 5.75 Å². The van der Waals surface area contributed by atoms with Crippen LogP contribution in [0.1, 0.15) is 56.2 Å². The lowest BCUT2D eigenvalue weighted by molar-refractivity contribution is -0.140. The van der Waals surface area contributed by atoms with Crippen LogP contribution in [-0.2, 0) is 27.2 Å². The highest BCUT2D eigenvalue weighted by Crippen LogP contribution is 2.29. The maximum absolute atomic E-state index is 12.7. The van der Waals surface area contributed by atoms with Crippen LogP contribution in [0.25, 0.3) is 0 Å². The van der Waals surface area contributed by atoms with Crippen molar-refractivity contribution in [3.63, 3.8) is 0 Å². The number of nitrogens with one attached hydrogen (secondary N) is 4. The molecule has 0 spiro atoms. The van der Waals surface area contributed by atoms with Crippen LogP contribution in [0.2, 0.25) is 0 Å². The maximum Gasteiger partial charge on any atom is 0.323 e. The number of carboxylic acids is 1. The number of amides is 4. The lowest BCUT2D eigenvalue weighted by Crippen LogP contribution is -2.48. The number of anilines is 2. The van der Waals surface area contributed by atoms with Crippen LogP contribution in [0, 0.1) is 12.3 Å². The first-order chi connectivity index (χ1) is 21.4. The Kier molecular flexibility index (Phi) is 13.0. The number of methoxy groups -OCH3 is 1. The molecule has 45 heavy (non-hydrogen) atoms. The van der Waals surface area contributed by atoms with Crippen molar-refractivity contribution in [3.8, 4) is 5.75 Å². The van der Waals surface area contributed by atoms with Crippen molar-refractivity contribution in [3.05, 3.63) is 89.5 Å². The molecule has 0 radical (unpaired) electrons. The highest BCUT2D eigenvalue weighted by atomic mass is 16.5. The van der Waals surface area contributed by atoms with E-state index < -0.39 is 24.3 Å². The van der Waals surface area contributed by atoms with E-state index in [0.29, 0.717) is 25.1 Å². The third-order valence-electron chi connectivity index (χ3n) is 7.63. The molecule has 0 fully saturated rings. The Bertz CT molecular complexity index is 1440. The molecule has 1 atom stereocenters. The third-order valence-corrected chi connectivity index (χ3v) is 7.63. The first-order valence-corrected chi connectivity index (χ1v) is 15.1. The summed E-state index contributed by atoms with van der Waals surface area (Å²) < 4.78 is 5.14. The molecule has 3 aromatic carbocycles. The number of para-hydroxylation sites is 1. The Hall–Kier alpha value is -4.86. The van der Waals surface area contributed by atoms with Gasteiger partial charge in [0.05, 0.1) is 13.5 Å². The van der Waals surface area contributed by atoms with Crippen LogP contribution >= 0.6 is 0 Å². The van der Waals surface area contributed by atoms with Gasteiger partial charge < -0.3 is 31.1 Å². The van der Waals surface area contributed by atoms with E-state index in [1.165, 1.54) is 0 Å². The lowest BCUT2D eigenvalue weighted by atomic mass is 9.82. The molecule has 0 saturated heterocycles. The quantitative estimate of drug-likeness (QED) is 0.139. The molecule has 10 nitrogen and oxygen atoms in total. The second-order valence-corrected chi connectivity index (χ2v) is 11.9. The average Bonchev–Trinajstić information content (AvgIpc) is 3.00. The zero-order valence-corrected chi connectivity index (χ0v) is 26.4. The Morgan fingerprint density at radius 1 is 0.844 bits per heavy atom. The molecule has 10 heteroatoms. The number of rotatable bonds is 16. The van der Waals surface area contributed by atoms with Gasteiger partial charge in [-0.25, -0.2) is 4.79 Å². The molecule has 0 aliphatic carbocycles. The van der Waals surface area contributed by atoms with Gasteiger partial charge in [0.25, 0.3) is 0 Å². The van der Waals surface area contributed by atoms with Gasteiger partial charge >= 0.3 is 12.0 Å². The first kappa shape index (κ1) is 34.6. The Morgan fingerprint density at radius 3 is 2.13 bits per heavy atom. The number of hydrogen-bond donors (Lipinski definition) is 5. The monoisotopic (exact) mass is 616 g/mol. The second kappa shape index (κ2) is 16.8. The van der Waals surface area contributed by atoms with Crippen LogP contribution in [-0.4, -0.2) is 48.6 Å². The highest BCUT2D eigenvalue weighted by Gasteiger charge is 2.25. The average molecular weight is 617 g/mol. The SMILES string of the molecule is COc1ccc(CCNC(=O)C(CC(=O)O)NC(=O)CCC(C)(C)CCc2ccc(NC(=O)Nc3ccccc3C)cc2)cc1. The van der Waals surface area contributed by atoms with Crippen molar-refractivity contribution >= 4 is 35.2 Å². The van der Waals surface area contributed by atoms with Gasteiger partial charge in [0.1, 0.15) is 11.8 Å². The minimum absolute atomic E-state index is 0.168. The predicted molar refractivity (Wildman–Crippen MR) is 175 cm³/mol. The van der Waals surface area contributed by atoms with E-state index in [2.05, 4.69) is 35.1 Å². The summed E-state index contributed by atoms with van der Waals surface area (Å²) in [7, 11) is 1.59. The molecule has 0 heterocycles. The summed E-state index contributed by atoms with van der Waals surface area (Å²) in [6, 6.07) is 21.2. The van der Waals surface area contributed by atoms with E-state index >= 15 is 0 Å². The normalized spacial score (nSPS) is 11.6. The van der Waals surface area contributed by atoms with Gasteiger partial charge in [0, 0.05) is 24.3 Å². The lowest BCUT2D eigenvalue weighted by Gasteiger charge is -2.25. The molecule has 4 amide bonds. The van der Waals surface area contributed by atoms with Gasteiger partial charge in [0.15, 0.2) is 0 Å². The highest BCUT2D eigenvalue weighted by molar-refractivity contribution is 6.00. The Morgan fingerprint density at radius 2 is 1.49 bits per heavy atom. The standard InChI is InChI=1S/C35H44N4O6/c1-24-7-5-6-8-29(24)39-34(44)37-27-13-9-25(10-14-27)17-20-35(2,3)21-18-31(40)38-30(23-32(41)42)33(43)36-22-19-26-11-15-28(45-4)16-12-26/h5-16,30H,17-23H2,1-4H3,(H,36,43)(H,38,40)(H,41,42)(H2,37,39,44). The zero-order valence-electron chi connectivity index (χ0n) is 26.4. The maximum atomic E-state index is 12.7. The fraction of sp³-hybridized carbons (Fsp3) is 0.371. The minimum Gasteiger partial charge on any atom is -0.497 e. The smallest absolute Gasteiger partial charge is 0.323 e. The van der Waals surface area contributed by atoms with E-state index in [-0.39, 0.29) is 23.8 Å². The molecule has 5 N–H and O–H groups in total. The van der Waals surface area contributed by atoms with Gasteiger partial charge in [-0.15, -0.1) is 0 Å². The van der Waals surface area contributed by atoms with E-state index in [9.17, 15) is 24.3 Å². The molecule has 3 aromatic rings. The Balaban J connectivity index is 1.41. The number of carbonyl (C=O) groups is 4.